The maximum absolute atomic E-state index is 12.0. The first-order chi connectivity index (χ1) is 7.31. The van der Waals surface area contributed by atoms with Gasteiger partial charge in [0.1, 0.15) is 0 Å². The highest BCUT2D eigenvalue weighted by Crippen LogP contribution is 2.31. The van der Waals surface area contributed by atoms with Crippen LogP contribution in [-0.2, 0) is 4.74 Å². The number of halogens is 3. The summed E-state index contributed by atoms with van der Waals surface area (Å²) in [6.45, 7) is 4.49. The molecular weight excluding hydrogens is 233 g/mol. The number of hydrogen-bond donors (Lipinski definition) is 0. The molecular formula is C11H19F3OSi. The molecule has 0 spiro atoms. The standard InChI is InChI=1S/C11H19F3OSi/c1-9(4-6-11(12,13)14)8-10(16)5-2-3-7-15-10/h1-8H2,16H3. The van der Waals surface area contributed by atoms with Crippen LogP contribution in [0.2, 0.25) is 0 Å². The Hall–Kier alpha value is -0.293. The smallest absolute Gasteiger partial charge is 0.379 e. The minimum absolute atomic E-state index is 0.0385. The first-order valence-electron chi connectivity index (χ1n) is 5.68. The number of hydrogen-bond acceptors (Lipinski definition) is 1. The highest BCUT2D eigenvalue weighted by atomic mass is 28.1. The zero-order chi connectivity index (χ0) is 12.2. The summed E-state index contributed by atoms with van der Waals surface area (Å²) in [6.07, 6.45) is -1.02. The molecule has 1 fully saturated rings. The van der Waals surface area contributed by atoms with Gasteiger partial charge in [-0.2, -0.15) is 13.2 Å². The van der Waals surface area contributed by atoms with E-state index in [0.717, 1.165) is 36.1 Å². The van der Waals surface area contributed by atoms with E-state index in [0.29, 0.717) is 12.0 Å². The molecule has 0 aliphatic carbocycles. The minimum Gasteiger partial charge on any atom is -0.379 e. The van der Waals surface area contributed by atoms with Crippen LogP contribution in [0.3, 0.4) is 0 Å². The molecule has 0 saturated carbocycles. The van der Waals surface area contributed by atoms with Crippen LogP contribution in [0, 0.1) is 0 Å². The van der Waals surface area contributed by atoms with Crippen molar-refractivity contribution in [1.29, 1.82) is 0 Å². The molecule has 0 aromatic carbocycles. The van der Waals surface area contributed by atoms with Gasteiger partial charge in [-0.1, -0.05) is 12.2 Å². The first kappa shape index (κ1) is 13.8. The lowest BCUT2D eigenvalue weighted by atomic mass is 9.98. The van der Waals surface area contributed by atoms with Crippen LogP contribution in [0.1, 0.15) is 38.5 Å². The van der Waals surface area contributed by atoms with Crippen LogP contribution in [0.15, 0.2) is 12.2 Å². The van der Waals surface area contributed by atoms with Gasteiger partial charge < -0.3 is 4.74 Å². The Morgan fingerprint density at radius 1 is 1.38 bits per heavy atom. The van der Waals surface area contributed by atoms with Crippen molar-refractivity contribution >= 4 is 10.2 Å². The molecule has 1 saturated heterocycles. The predicted molar refractivity (Wildman–Crippen MR) is 61.5 cm³/mol. The summed E-state index contributed by atoms with van der Waals surface area (Å²) < 4.78 is 41.8. The van der Waals surface area contributed by atoms with Gasteiger partial charge in [0.2, 0.25) is 0 Å². The van der Waals surface area contributed by atoms with Gasteiger partial charge in [0.05, 0.1) is 5.22 Å². The Morgan fingerprint density at radius 3 is 2.56 bits per heavy atom. The minimum atomic E-state index is -4.07. The van der Waals surface area contributed by atoms with Crippen molar-refractivity contribution in [2.24, 2.45) is 0 Å². The van der Waals surface area contributed by atoms with Gasteiger partial charge in [-0.25, -0.2) is 0 Å². The van der Waals surface area contributed by atoms with E-state index < -0.39 is 12.6 Å². The van der Waals surface area contributed by atoms with Crippen LogP contribution in [0.4, 0.5) is 13.2 Å². The molecule has 0 aromatic rings. The zero-order valence-electron chi connectivity index (χ0n) is 9.70. The van der Waals surface area contributed by atoms with Crippen molar-refractivity contribution in [3.63, 3.8) is 0 Å². The average molecular weight is 252 g/mol. The van der Waals surface area contributed by atoms with Gasteiger partial charge in [0.25, 0.3) is 0 Å². The van der Waals surface area contributed by atoms with E-state index in [-0.39, 0.29) is 11.6 Å². The molecule has 0 aromatic heterocycles. The summed E-state index contributed by atoms with van der Waals surface area (Å²) in [5, 5.41) is -0.152. The second-order valence-electron chi connectivity index (χ2n) is 4.80. The fourth-order valence-corrected chi connectivity index (χ4v) is 3.12. The second-order valence-corrected chi connectivity index (χ2v) is 6.62. The SMILES string of the molecule is C=C(CCC(F)(F)F)CC1([SiH3])CCCCO1. The molecule has 5 heteroatoms. The third-order valence-electron chi connectivity index (χ3n) is 2.94. The lowest BCUT2D eigenvalue weighted by Crippen LogP contribution is -2.37. The molecule has 1 nitrogen and oxygen atoms in total. The van der Waals surface area contributed by atoms with Crippen LogP contribution >= 0.6 is 0 Å². The zero-order valence-corrected chi connectivity index (χ0v) is 11.7. The first-order valence-corrected chi connectivity index (χ1v) is 6.68. The fourth-order valence-electron chi connectivity index (χ4n) is 2.07. The highest BCUT2D eigenvalue weighted by Gasteiger charge is 2.30. The quantitative estimate of drug-likeness (QED) is 0.552. The third-order valence-corrected chi connectivity index (χ3v) is 4.08. The van der Waals surface area contributed by atoms with Gasteiger partial charge in [-0.15, -0.1) is 0 Å². The van der Waals surface area contributed by atoms with Crippen LogP contribution in [0.5, 0.6) is 0 Å². The second kappa shape index (κ2) is 5.36. The lowest BCUT2D eigenvalue weighted by Gasteiger charge is -2.34. The van der Waals surface area contributed by atoms with E-state index in [4.69, 9.17) is 4.74 Å². The molecule has 1 atom stereocenters. The summed E-state index contributed by atoms with van der Waals surface area (Å²) in [5.41, 5.74) is 0.675. The number of ether oxygens (including phenoxy) is 1. The van der Waals surface area contributed by atoms with Crippen molar-refractivity contribution in [1.82, 2.24) is 0 Å². The molecule has 1 aliphatic rings. The molecule has 1 heterocycles. The van der Waals surface area contributed by atoms with Gasteiger partial charge in [-0.05, 0) is 32.1 Å². The fraction of sp³-hybridized carbons (Fsp3) is 0.818. The van der Waals surface area contributed by atoms with E-state index in [9.17, 15) is 13.2 Å². The lowest BCUT2D eigenvalue weighted by molar-refractivity contribution is -0.134. The summed E-state index contributed by atoms with van der Waals surface area (Å²) in [7, 11) is 0.860. The van der Waals surface area contributed by atoms with Crippen molar-refractivity contribution in [2.45, 2.75) is 49.9 Å². The van der Waals surface area contributed by atoms with Crippen LogP contribution in [-0.4, -0.2) is 28.2 Å². The molecule has 1 unspecified atom stereocenters. The molecule has 1 aliphatic heterocycles. The topological polar surface area (TPSA) is 9.23 Å². The largest absolute Gasteiger partial charge is 0.389 e. The van der Waals surface area contributed by atoms with E-state index in [1.165, 1.54) is 0 Å². The normalized spacial score (nSPS) is 26.9. The highest BCUT2D eigenvalue weighted by molar-refractivity contribution is 6.14. The maximum atomic E-state index is 12.0. The van der Waals surface area contributed by atoms with Crippen molar-refractivity contribution < 1.29 is 17.9 Å². The van der Waals surface area contributed by atoms with Gasteiger partial charge in [0.15, 0.2) is 0 Å². The van der Waals surface area contributed by atoms with Crippen molar-refractivity contribution in [3.8, 4) is 0 Å². The summed E-state index contributed by atoms with van der Waals surface area (Å²) in [6, 6.07) is 0. The summed E-state index contributed by atoms with van der Waals surface area (Å²) in [4.78, 5) is 0. The Balaban J connectivity index is 2.33. The van der Waals surface area contributed by atoms with Crippen molar-refractivity contribution in [2.75, 3.05) is 6.61 Å². The number of alkyl halides is 3. The third kappa shape index (κ3) is 5.16. The Morgan fingerprint density at radius 2 is 2.06 bits per heavy atom. The molecule has 0 N–H and O–H groups in total. The van der Waals surface area contributed by atoms with Crippen LogP contribution in [0.25, 0.3) is 0 Å². The van der Waals surface area contributed by atoms with Gasteiger partial charge in [-0.3, -0.25) is 0 Å². The van der Waals surface area contributed by atoms with Gasteiger partial charge >= 0.3 is 6.18 Å². The average Bonchev–Trinajstić information content (AvgIpc) is 2.14. The molecule has 94 valence electrons. The van der Waals surface area contributed by atoms with E-state index in [1.54, 1.807) is 0 Å². The van der Waals surface area contributed by atoms with E-state index in [2.05, 4.69) is 6.58 Å². The Kier molecular flexibility index (Phi) is 4.61. The maximum Gasteiger partial charge on any atom is 0.389 e. The Bertz CT molecular complexity index is 244. The van der Waals surface area contributed by atoms with E-state index >= 15 is 0 Å². The van der Waals surface area contributed by atoms with Gasteiger partial charge in [0, 0.05) is 23.3 Å². The summed E-state index contributed by atoms with van der Waals surface area (Å²) >= 11 is 0. The van der Waals surface area contributed by atoms with Crippen molar-refractivity contribution in [3.05, 3.63) is 12.2 Å². The molecule has 1 rings (SSSR count). The predicted octanol–water partition coefficient (Wildman–Crippen LogP) is 2.54. The van der Waals surface area contributed by atoms with E-state index in [1.807, 2.05) is 0 Å². The molecule has 0 radical (unpaired) electrons. The van der Waals surface area contributed by atoms with Crippen LogP contribution < -0.4 is 0 Å². The molecule has 0 amide bonds. The Labute approximate surface area is 97.5 Å². The summed E-state index contributed by atoms with van der Waals surface area (Å²) in [5.74, 6) is 0. The monoisotopic (exact) mass is 252 g/mol. The number of rotatable bonds is 4. The molecule has 0 bridgehead atoms. The molecule has 16 heavy (non-hydrogen) atoms.